The topological polar surface area (TPSA) is 127 Å². The van der Waals surface area contributed by atoms with E-state index in [1.54, 1.807) is 0 Å². The molecule has 0 aromatic carbocycles. The third-order valence-corrected chi connectivity index (χ3v) is 9.59. The standard InChI is InChI=1S/C42H78O8/c1-3-5-7-21-29-37(43)31-23-17-13-9-11-15-19-25-33-39(45)49-41(47)35-27-28-36-42(48)50-40(46)34-26-20-16-12-10-14-18-24-32-38(44)30-22-8-6-4-2/h37-38,43-44H,3-36H2,1-2H3. The molecule has 0 aliphatic heterocycles. The lowest BCUT2D eigenvalue weighted by Crippen LogP contribution is -2.13. The van der Waals surface area contributed by atoms with Crippen LogP contribution in [-0.2, 0) is 28.7 Å². The van der Waals surface area contributed by atoms with Gasteiger partial charge in [-0.3, -0.25) is 19.2 Å². The third-order valence-electron chi connectivity index (χ3n) is 9.59. The molecule has 0 aliphatic rings. The third kappa shape index (κ3) is 36.0. The number of unbranched alkanes of at least 4 members (excludes halogenated alkanes) is 21. The van der Waals surface area contributed by atoms with E-state index >= 15 is 0 Å². The summed E-state index contributed by atoms with van der Waals surface area (Å²) >= 11 is 0. The van der Waals surface area contributed by atoms with Crippen LogP contribution in [0.3, 0.4) is 0 Å². The molecule has 294 valence electrons. The summed E-state index contributed by atoms with van der Waals surface area (Å²) in [6.45, 7) is 4.40. The lowest BCUT2D eigenvalue weighted by molar-refractivity contribution is -0.162. The molecule has 8 nitrogen and oxygen atoms in total. The van der Waals surface area contributed by atoms with Crippen molar-refractivity contribution >= 4 is 23.9 Å². The number of hydrogen-bond donors (Lipinski definition) is 2. The molecule has 0 fully saturated rings. The maximum atomic E-state index is 12.0. The minimum Gasteiger partial charge on any atom is -0.393 e. The molecule has 2 unspecified atom stereocenters. The van der Waals surface area contributed by atoms with Crippen molar-refractivity contribution in [3.8, 4) is 0 Å². The van der Waals surface area contributed by atoms with Gasteiger partial charge in [-0.2, -0.15) is 0 Å². The van der Waals surface area contributed by atoms with Gasteiger partial charge < -0.3 is 19.7 Å². The van der Waals surface area contributed by atoms with Crippen molar-refractivity contribution in [1.29, 1.82) is 0 Å². The molecule has 0 radical (unpaired) electrons. The van der Waals surface area contributed by atoms with Gasteiger partial charge in [-0.15, -0.1) is 0 Å². The summed E-state index contributed by atoms with van der Waals surface area (Å²) in [7, 11) is 0. The van der Waals surface area contributed by atoms with Crippen LogP contribution in [0.15, 0.2) is 0 Å². The summed E-state index contributed by atoms with van der Waals surface area (Å²) < 4.78 is 9.79. The van der Waals surface area contributed by atoms with E-state index in [2.05, 4.69) is 13.8 Å². The van der Waals surface area contributed by atoms with Crippen LogP contribution in [0.5, 0.6) is 0 Å². The first kappa shape index (κ1) is 48.2. The zero-order chi connectivity index (χ0) is 36.9. The molecule has 8 heteroatoms. The maximum Gasteiger partial charge on any atom is 0.313 e. The summed E-state index contributed by atoms with van der Waals surface area (Å²) in [5.41, 5.74) is 0. The van der Waals surface area contributed by atoms with Crippen molar-refractivity contribution < 1.29 is 38.9 Å². The molecular formula is C42H78O8. The van der Waals surface area contributed by atoms with Gasteiger partial charge in [0.25, 0.3) is 0 Å². The van der Waals surface area contributed by atoms with Gasteiger partial charge in [-0.25, -0.2) is 0 Å². The Kier molecular flexibility index (Phi) is 35.6. The van der Waals surface area contributed by atoms with Gasteiger partial charge in [-0.1, -0.05) is 155 Å². The van der Waals surface area contributed by atoms with Crippen molar-refractivity contribution in [1.82, 2.24) is 0 Å². The number of rotatable bonds is 37. The van der Waals surface area contributed by atoms with Gasteiger partial charge in [0.15, 0.2) is 0 Å². The second kappa shape index (κ2) is 37.0. The second-order valence-corrected chi connectivity index (χ2v) is 14.6. The van der Waals surface area contributed by atoms with Crippen molar-refractivity contribution in [2.45, 2.75) is 244 Å². The van der Waals surface area contributed by atoms with Crippen molar-refractivity contribution in [2.75, 3.05) is 0 Å². The van der Waals surface area contributed by atoms with Gasteiger partial charge >= 0.3 is 23.9 Å². The van der Waals surface area contributed by atoms with Gasteiger partial charge in [0.1, 0.15) is 0 Å². The van der Waals surface area contributed by atoms with E-state index in [9.17, 15) is 29.4 Å². The number of aliphatic hydroxyl groups excluding tert-OH is 2. The van der Waals surface area contributed by atoms with Gasteiger partial charge in [0.2, 0.25) is 0 Å². The Balaban J connectivity index is 3.54. The first-order chi connectivity index (χ1) is 24.3. The Labute approximate surface area is 306 Å². The molecule has 0 aromatic rings. The van der Waals surface area contributed by atoms with E-state index in [1.165, 1.54) is 64.2 Å². The highest BCUT2D eigenvalue weighted by molar-refractivity contribution is 5.86. The molecule has 50 heavy (non-hydrogen) atoms. The van der Waals surface area contributed by atoms with Crippen LogP contribution in [0.1, 0.15) is 232 Å². The minimum absolute atomic E-state index is 0.0595. The number of ether oxygens (including phenoxy) is 2. The van der Waals surface area contributed by atoms with Crippen LogP contribution >= 0.6 is 0 Å². The smallest absolute Gasteiger partial charge is 0.313 e. The predicted molar refractivity (Wildman–Crippen MR) is 203 cm³/mol. The first-order valence-corrected chi connectivity index (χ1v) is 21.1. The van der Waals surface area contributed by atoms with Crippen LogP contribution in [-0.4, -0.2) is 46.3 Å². The van der Waals surface area contributed by atoms with E-state index < -0.39 is 23.9 Å². The zero-order valence-corrected chi connectivity index (χ0v) is 32.5. The largest absolute Gasteiger partial charge is 0.393 e. The summed E-state index contributed by atoms with van der Waals surface area (Å²) in [5, 5.41) is 20.1. The fourth-order valence-electron chi connectivity index (χ4n) is 6.32. The first-order valence-electron chi connectivity index (χ1n) is 21.1. The molecular weight excluding hydrogens is 632 g/mol. The SMILES string of the molecule is CCCCCCC(O)CCCCCCCCCCC(=O)OC(=O)CCCCC(=O)OC(=O)CCCCCCCCCCC(O)CCCCCC. The Morgan fingerprint density at radius 1 is 0.340 bits per heavy atom. The molecule has 2 N–H and O–H groups in total. The minimum atomic E-state index is -0.572. The summed E-state index contributed by atoms with van der Waals surface area (Å²) in [6.07, 6.45) is 31.4. The highest BCUT2D eigenvalue weighted by atomic mass is 16.6. The number of aliphatic hydroxyl groups is 2. The number of carbonyl (C=O) groups is 4. The molecule has 0 aliphatic carbocycles. The molecule has 0 amide bonds. The average Bonchev–Trinajstić information content (AvgIpc) is 3.08. The zero-order valence-electron chi connectivity index (χ0n) is 32.5. The van der Waals surface area contributed by atoms with Gasteiger partial charge in [0, 0.05) is 25.7 Å². The molecule has 0 aromatic heterocycles. The summed E-state index contributed by atoms with van der Waals surface area (Å²) in [5.74, 6) is -2.13. The normalized spacial score (nSPS) is 12.5. The molecule has 0 saturated heterocycles. The van der Waals surface area contributed by atoms with Gasteiger partial charge in [0.05, 0.1) is 12.2 Å². The maximum absolute atomic E-state index is 12.0. The van der Waals surface area contributed by atoms with Crippen LogP contribution in [0.2, 0.25) is 0 Å². The highest BCUT2D eigenvalue weighted by Crippen LogP contribution is 2.16. The van der Waals surface area contributed by atoms with E-state index in [4.69, 9.17) is 9.47 Å². The number of esters is 4. The van der Waals surface area contributed by atoms with Crippen LogP contribution < -0.4 is 0 Å². The van der Waals surface area contributed by atoms with E-state index in [-0.39, 0.29) is 37.9 Å². The lowest BCUT2D eigenvalue weighted by Gasteiger charge is -2.10. The summed E-state index contributed by atoms with van der Waals surface area (Å²) in [6, 6.07) is 0. The van der Waals surface area contributed by atoms with Crippen molar-refractivity contribution in [3.05, 3.63) is 0 Å². The Bertz CT molecular complexity index is 748. The van der Waals surface area contributed by atoms with Gasteiger partial charge in [-0.05, 0) is 51.4 Å². The quantitative estimate of drug-likeness (QED) is 0.0370. The van der Waals surface area contributed by atoms with E-state index in [0.717, 1.165) is 103 Å². The molecule has 0 spiro atoms. The molecule has 0 rings (SSSR count). The van der Waals surface area contributed by atoms with Crippen molar-refractivity contribution in [3.63, 3.8) is 0 Å². The number of hydrogen-bond acceptors (Lipinski definition) is 8. The lowest BCUT2D eigenvalue weighted by atomic mass is 10.0. The van der Waals surface area contributed by atoms with Crippen LogP contribution in [0.4, 0.5) is 0 Å². The van der Waals surface area contributed by atoms with Crippen molar-refractivity contribution in [2.24, 2.45) is 0 Å². The molecule has 0 heterocycles. The molecule has 0 saturated carbocycles. The second-order valence-electron chi connectivity index (χ2n) is 14.6. The fourth-order valence-corrected chi connectivity index (χ4v) is 6.32. The van der Waals surface area contributed by atoms with Crippen LogP contribution in [0.25, 0.3) is 0 Å². The highest BCUT2D eigenvalue weighted by Gasteiger charge is 2.13. The summed E-state index contributed by atoms with van der Waals surface area (Å²) in [4.78, 5) is 47.8. The number of carbonyl (C=O) groups excluding carboxylic acids is 4. The molecule has 0 bridgehead atoms. The van der Waals surface area contributed by atoms with E-state index in [0.29, 0.717) is 25.7 Å². The molecule has 2 atom stereocenters. The van der Waals surface area contributed by atoms with Crippen LogP contribution in [0, 0.1) is 0 Å². The van der Waals surface area contributed by atoms with E-state index in [1.807, 2.05) is 0 Å². The fraction of sp³-hybridized carbons (Fsp3) is 0.905. The Morgan fingerprint density at radius 3 is 0.800 bits per heavy atom. The average molecular weight is 711 g/mol. The monoisotopic (exact) mass is 711 g/mol. The Hall–Kier alpha value is -1.80. The predicted octanol–water partition coefficient (Wildman–Crippen LogP) is 11.2. The Morgan fingerprint density at radius 2 is 0.540 bits per heavy atom.